The number of rotatable bonds is 9. The smallest absolute Gasteiger partial charge is 0.358 e. The number of aldehydes is 1. The molecule has 1 aromatic carbocycles. The van der Waals surface area contributed by atoms with Crippen molar-refractivity contribution in [3.8, 4) is 0 Å². The highest BCUT2D eigenvalue weighted by molar-refractivity contribution is 7.92. The van der Waals surface area contributed by atoms with Crippen LogP contribution in [0.5, 0.6) is 0 Å². The highest BCUT2D eigenvalue weighted by Crippen LogP contribution is 2.32. The van der Waals surface area contributed by atoms with E-state index >= 15 is 0 Å². The van der Waals surface area contributed by atoms with Crippen LogP contribution in [0, 0.1) is 0 Å². The van der Waals surface area contributed by atoms with Crippen LogP contribution >= 0.6 is 0 Å². The Labute approximate surface area is 223 Å². The van der Waals surface area contributed by atoms with Gasteiger partial charge in [-0.1, -0.05) is 12.5 Å². The molecule has 3 heterocycles. The van der Waals surface area contributed by atoms with Gasteiger partial charge in [-0.05, 0) is 70.6 Å². The lowest BCUT2D eigenvalue weighted by Gasteiger charge is -2.43. The van der Waals surface area contributed by atoms with E-state index < -0.39 is 44.0 Å². The number of carbonyl (C=O) groups is 1. The molecule has 0 aromatic heterocycles. The third-order valence-corrected chi connectivity index (χ3v) is 10.1. The molecule has 0 spiro atoms. The Morgan fingerprint density at radius 3 is 2.39 bits per heavy atom. The molecule has 1 aromatic rings. The number of benzene rings is 1. The van der Waals surface area contributed by atoms with Crippen molar-refractivity contribution >= 4 is 16.1 Å². The normalized spacial score (nSPS) is 25.2. The zero-order valence-electron chi connectivity index (χ0n) is 21.9. The third kappa shape index (κ3) is 7.14. The standard InChI is InChI=1S/C26H39F3N4O4S/c1-31-11-8-21(9-12-31)32-13-15-33(16-14-32)22(18-34)19-37-25(24-7-2-3-10-30-24)38(35,36)23-6-4-5-20(17-23)26(27,28)29/h4-6,17-18,21-22,24-25,30H,2-3,7-16,19H2,1H3. The molecule has 3 fully saturated rings. The predicted octanol–water partition coefficient (Wildman–Crippen LogP) is 2.24. The number of piperazine rings is 1. The maximum Gasteiger partial charge on any atom is 0.416 e. The van der Waals surface area contributed by atoms with Crippen LogP contribution in [0.25, 0.3) is 0 Å². The van der Waals surface area contributed by atoms with Gasteiger partial charge in [-0.15, -0.1) is 0 Å². The molecule has 0 bridgehead atoms. The van der Waals surface area contributed by atoms with Crippen LogP contribution in [0.1, 0.15) is 37.7 Å². The number of nitrogens with zero attached hydrogens (tertiary/aromatic N) is 3. The molecule has 0 aliphatic carbocycles. The van der Waals surface area contributed by atoms with E-state index in [0.717, 1.165) is 70.3 Å². The van der Waals surface area contributed by atoms with Gasteiger partial charge in [0.05, 0.1) is 23.1 Å². The molecule has 8 nitrogen and oxygen atoms in total. The second-order valence-corrected chi connectivity index (χ2v) is 12.7. The maximum absolute atomic E-state index is 13.6. The first kappa shape index (κ1) is 29.4. The van der Waals surface area contributed by atoms with Gasteiger partial charge in [0, 0.05) is 38.3 Å². The summed E-state index contributed by atoms with van der Waals surface area (Å²) in [5, 5.41) is 3.17. The van der Waals surface area contributed by atoms with E-state index in [1.807, 2.05) is 4.90 Å². The highest BCUT2D eigenvalue weighted by atomic mass is 32.2. The largest absolute Gasteiger partial charge is 0.416 e. The number of halogens is 3. The van der Waals surface area contributed by atoms with E-state index in [-0.39, 0.29) is 6.61 Å². The van der Waals surface area contributed by atoms with E-state index in [0.29, 0.717) is 38.2 Å². The van der Waals surface area contributed by atoms with Gasteiger partial charge in [0.2, 0.25) is 9.84 Å². The van der Waals surface area contributed by atoms with Crippen LogP contribution in [0.2, 0.25) is 0 Å². The van der Waals surface area contributed by atoms with Gasteiger partial charge >= 0.3 is 6.18 Å². The van der Waals surface area contributed by atoms with Gasteiger partial charge in [-0.3, -0.25) is 9.80 Å². The number of nitrogens with one attached hydrogen (secondary N) is 1. The monoisotopic (exact) mass is 560 g/mol. The van der Waals surface area contributed by atoms with Crippen molar-refractivity contribution in [2.75, 3.05) is 59.5 Å². The molecule has 3 aliphatic rings. The van der Waals surface area contributed by atoms with Crippen LogP contribution in [0.3, 0.4) is 0 Å². The lowest BCUT2D eigenvalue weighted by Crippen LogP contribution is -2.56. The lowest BCUT2D eigenvalue weighted by atomic mass is 10.0. The minimum atomic E-state index is -4.66. The number of sulfone groups is 1. The lowest BCUT2D eigenvalue weighted by molar-refractivity contribution is -0.137. The highest BCUT2D eigenvalue weighted by Gasteiger charge is 2.39. The number of likely N-dealkylation sites (tertiary alicyclic amines) is 1. The van der Waals surface area contributed by atoms with Gasteiger partial charge < -0.3 is 19.7 Å². The molecule has 38 heavy (non-hydrogen) atoms. The van der Waals surface area contributed by atoms with E-state index in [1.54, 1.807) is 0 Å². The van der Waals surface area contributed by atoms with Gasteiger partial charge in [0.15, 0.2) is 5.44 Å². The van der Waals surface area contributed by atoms with Crippen molar-refractivity contribution in [3.63, 3.8) is 0 Å². The van der Waals surface area contributed by atoms with Crippen molar-refractivity contribution in [2.24, 2.45) is 0 Å². The molecule has 0 amide bonds. The molecule has 3 atom stereocenters. The zero-order chi connectivity index (χ0) is 27.3. The molecule has 3 saturated heterocycles. The SMILES string of the molecule is CN1CCC(N2CCN(C(C=O)COC(C3CCCCN3)S(=O)(=O)c3cccc(C(F)(F)F)c3)CC2)CC1. The minimum Gasteiger partial charge on any atom is -0.358 e. The van der Waals surface area contributed by atoms with Gasteiger partial charge in [-0.25, -0.2) is 8.42 Å². The zero-order valence-corrected chi connectivity index (χ0v) is 22.7. The number of ether oxygens (including phenoxy) is 1. The summed E-state index contributed by atoms with van der Waals surface area (Å²) in [6.45, 7) is 5.61. The number of carbonyl (C=O) groups excluding carboxylic acids is 1. The molecule has 3 aliphatic heterocycles. The summed E-state index contributed by atoms with van der Waals surface area (Å²) in [5.74, 6) is 0. The van der Waals surface area contributed by atoms with Crippen LogP contribution < -0.4 is 5.32 Å². The van der Waals surface area contributed by atoms with E-state index in [4.69, 9.17) is 4.74 Å². The molecule has 1 N–H and O–H groups in total. The Bertz CT molecular complexity index is 1020. The minimum absolute atomic E-state index is 0.140. The molecule has 0 radical (unpaired) electrons. The van der Waals surface area contributed by atoms with Crippen LogP contribution in [-0.2, 0) is 25.5 Å². The Morgan fingerprint density at radius 2 is 1.79 bits per heavy atom. The molecule has 12 heteroatoms. The van der Waals surface area contributed by atoms with Crippen LogP contribution in [0.4, 0.5) is 13.2 Å². The van der Waals surface area contributed by atoms with E-state index in [2.05, 4.69) is 22.2 Å². The average Bonchev–Trinajstić information content (AvgIpc) is 2.92. The van der Waals surface area contributed by atoms with Crippen molar-refractivity contribution in [1.29, 1.82) is 0 Å². The Balaban J connectivity index is 1.44. The first-order valence-electron chi connectivity index (χ1n) is 13.5. The fourth-order valence-corrected chi connectivity index (χ4v) is 7.49. The Morgan fingerprint density at radius 1 is 1.08 bits per heavy atom. The number of alkyl halides is 3. The first-order valence-corrected chi connectivity index (χ1v) is 15.0. The second-order valence-electron chi connectivity index (χ2n) is 10.6. The number of hydrogen-bond donors (Lipinski definition) is 1. The fraction of sp³-hybridized carbons (Fsp3) is 0.731. The summed E-state index contributed by atoms with van der Waals surface area (Å²) in [6, 6.07) is 3.12. The quantitative estimate of drug-likeness (QED) is 0.461. The van der Waals surface area contributed by atoms with Gasteiger partial charge in [0.1, 0.15) is 6.29 Å². The molecule has 214 valence electrons. The molecule has 4 rings (SSSR count). The summed E-state index contributed by atoms with van der Waals surface area (Å²) in [7, 11) is -2.15. The van der Waals surface area contributed by atoms with E-state index in [9.17, 15) is 26.4 Å². The first-order chi connectivity index (χ1) is 18.1. The second kappa shape index (κ2) is 12.7. The van der Waals surface area contributed by atoms with Crippen molar-refractivity contribution < 1.29 is 31.1 Å². The number of hydrogen-bond acceptors (Lipinski definition) is 8. The molecule has 3 unspecified atom stereocenters. The predicted molar refractivity (Wildman–Crippen MR) is 138 cm³/mol. The van der Waals surface area contributed by atoms with Crippen LogP contribution in [-0.4, -0.2) is 112 Å². The van der Waals surface area contributed by atoms with Gasteiger partial charge in [-0.2, -0.15) is 13.2 Å². The number of piperidine rings is 2. The molecular weight excluding hydrogens is 521 g/mol. The summed E-state index contributed by atoms with van der Waals surface area (Å²) in [6.07, 6.45) is 0.554. The van der Waals surface area contributed by atoms with Crippen LogP contribution in [0.15, 0.2) is 29.2 Å². The third-order valence-electron chi connectivity index (χ3n) is 8.08. The van der Waals surface area contributed by atoms with E-state index in [1.165, 1.54) is 6.07 Å². The summed E-state index contributed by atoms with van der Waals surface area (Å²) in [4.78, 5) is 18.4. The Kier molecular flexibility index (Phi) is 9.86. The molecule has 0 saturated carbocycles. The summed E-state index contributed by atoms with van der Waals surface area (Å²) >= 11 is 0. The molecular formula is C26H39F3N4O4S. The summed E-state index contributed by atoms with van der Waals surface area (Å²) < 4.78 is 73.0. The Hall–Kier alpha value is -1.57. The van der Waals surface area contributed by atoms with Crippen molar-refractivity contribution in [1.82, 2.24) is 20.0 Å². The topological polar surface area (TPSA) is 82.2 Å². The summed E-state index contributed by atoms with van der Waals surface area (Å²) in [5.41, 5.74) is -2.42. The maximum atomic E-state index is 13.6. The van der Waals surface area contributed by atoms with Crippen molar-refractivity contribution in [3.05, 3.63) is 29.8 Å². The fourth-order valence-electron chi connectivity index (χ4n) is 5.74. The average molecular weight is 561 g/mol. The van der Waals surface area contributed by atoms with Crippen molar-refractivity contribution in [2.45, 2.75) is 66.7 Å². The van der Waals surface area contributed by atoms with Gasteiger partial charge in [0.25, 0.3) is 0 Å².